The maximum Gasteiger partial charge on any atom is 0.350 e. The molecule has 0 unspecified atom stereocenters. The van der Waals surface area contributed by atoms with E-state index < -0.39 is 28.0 Å². The van der Waals surface area contributed by atoms with Crippen molar-refractivity contribution in [1.29, 1.82) is 0 Å². The van der Waals surface area contributed by atoms with Gasteiger partial charge in [0.2, 0.25) is 5.91 Å². The lowest BCUT2D eigenvalue weighted by molar-refractivity contribution is -0.385. The molecule has 0 fully saturated rings. The van der Waals surface area contributed by atoms with Crippen LogP contribution < -0.4 is 19.5 Å². The molecule has 32 heavy (non-hydrogen) atoms. The molecule has 3 aromatic rings. The third kappa shape index (κ3) is 5.08. The van der Waals surface area contributed by atoms with Gasteiger partial charge in [0.1, 0.15) is 18.5 Å². The van der Waals surface area contributed by atoms with Crippen LogP contribution in [-0.2, 0) is 11.3 Å². The first-order chi connectivity index (χ1) is 15.3. The number of non-ortho nitro benzene ring substituents is 1. The number of carbonyl (C=O) groups is 1. The van der Waals surface area contributed by atoms with E-state index >= 15 is 0 Å². The summed E-state index contributed by atoms with van der Waals surface area (Å²) in [5, 5.41) is 28.6. The highest BCUT2D eigenvalue weighted by Crippen LogP contribution is 2.34. The van der Waals surface area contributed by atoms with Gasteiger partial charge < -0.3 is 19.5 Å². The first-order valence-corrected chi connectivity index (χ1v) is 8.96. The number of nitrogens with zero attached hydrogens (tertiary/aromatic N) is 4. The number of rotatable bonds is 9. The SMILES string of the molecule is COc1ccccc1Oc1cc(NC(=O)Cn2cc([N+](=O)[O-])c(OC)n2)cc([N+](=O)[O-])c1. The molecule has 13 heteroatoms. The number of hydrogen-bond donors (Lipinski definition) is 1. The molecule has 0 aliphatic carbocycles. The molecule has 3 rings (SSSR count). The Bertz CT molecular complexity index is 1180. The number of amides is 1. The summed E-state index contributed by atoms with van der Waals surface area (Å²) < 4.78 is 16.7. The van der Waals surface area contributed by atoms with E-state index in [9.17, 15) is 25.0 Å². The fourth-order valence-corrected chi connectivity index (χ4v) is 2.74. The molecule has 13 nitrogen and oxygen atoms in total. The van der Waals surface area contributed by atoms with Crippen LogP contribution in [0.2, 0.25) is 0 Å². The molecule has 0 aliphatic rings. The summed E-state index contributed by atoms with van der Waals surface area (Å²) in [6.07, 6.45) is 1.04. The molecule has 166 valence electrons. The van der Waals surface area contributed by atoms with E-state index in [0.717, 1.165) is 16.9 Å². The third-order valence-electron chi connectivity index (χ3n) is 4.09. The van der Waals surface area contributed by atoms with Gasteiger partial charge in [-0.25, -0.2) is 0 Å². The average molecular weight is 443 g/mol. The lowest BCUT2D eigenvalue weighted by Gasteiger charge is -2.11. The quantitative estimate of drug-likeness (QED) is 0.387. The first kappa shape index (κ1) is 22.0. The monoisotopic (exact) mass is 443 g/mol. The summed E-state index contributed by atoms with van der Waals surface area (Å²) in [7, 11) is 2.67. The highest BCUT2D eigenvalue weighted by molar-refractivity contribution is 5.91. The van der Waals surface area contributed by atoms with E-state index in [1.807, 2.05) is 0 Å². The molecular formula is C19H17N5O8. The van der Waals surface area contributed by atoms with Crippen molar-refractivity contribution in [2.45, 2.75) is 6.54 Å². The summed E-state index contributed by atoms with van der Waals surface area (Å²) in [5.74, 6) is -0.0441. The Labute approximate surface area is 180 Å². The van der Waals surface area contributed by atoms with Gasteiger partial charge in [-0.2, -0.15) is 0 Å². The number of anilines is 1. The number of ether oxygens (including phenoxy) is 3. The highest BCUT2D eigenvalue weighted by Gasteiger charge is 2.21. The van der Waals surface area contributed by atoms with E-state index in [-0.39, 0.29) is 23.0 Å². The van der Waals surface area contributed by atoms with Crippen LogP contribution in [0.25, 0.3) is 0 Å². The molecule has 0 aliphatic heterocycles. The summed E-state index contributed by atoms with van der Waals surface area (Å²) in [4.78, 5) is 33.4. The minimum Gasteiger partial charge on any atom is -0.493 e. The van der Waals surface area contributed by atoms with Gasteiger partial charge in [0.25, 0.3) is 5.69 Å². The second-order valence-electron chi connectivity index (χ2n) is 6.25. The number of hydrogen-bond acceptors (Lipinski definition) is 9. The van der Waals surface area contributed by atoms with Crippen molar-refractivity contribution < 1.29 is 28.9 Å². The van der Waals surface area contributed by atoms with Gasteiger partial charge in [-0.15, -0.1) is 5.10 Å². The Morgan fingerprint density at radius 3 is 2.38 bits per heavy atom. The number of methoxy groups -OCH3 is 2. The van der Waals surface area contributed by atoms with Gasteiger partial charge in [0, 0.05) is 12.1 Å². The number of aromatic nitrogens is 2. The first-order valence-electron chi connectivity index (χ1n) is 8.96. The van der Waals surface area contributed by atoms with Gasteiger partial charge in [0.15, 0.2) is 11.5 Å². The number of nitro benzene ring substituents is 1. The van der Waals surface area contributed by atoms with Gasteiger partial charge in [-0.3, -0.25) is 29.7 Å². The predicted octanol–water partition coefficient (Wildman–Crippen LogP) is 3.15. The van der Waals surface area contributed by atoms with Crippen LogP contribution in [0.4, 0.5) is 17.1 Å². The zero-order valence-corrected chi connectivity index (χ0v) is 16.9. The molecule has 1 amide bonds. The molecular weight excluding hydrogens is 426 g/mol. The summed E-state index contributed by atoms with van der Waals surface area (Å²) in [6, 6.07) is 10.5. The van der Waals surface area contributed by atoms with E-state index in [1.54, 1.807) is 24.3 Å². The van der Waals surface area contributed by atoms with E-state index in [1.165, 1.54) is 26.4 Å². The lowest BCUT2D eigenvalue weighted by Crippen LogP contribution is -2.19. The molecule has 0 spiro atoms. The molecule has 1 aromatic heterocycles. The van der Waals surface area contributed by atoms with Crippen molar-refractivity contribution in [3.8, 4) is 23.1 Å². The molecule has 0 radical (unpaired) electrons. The van der Waals surface area contributed by atoms with Crippen molar-refractivity contribution in [3.63, 3.8) is 0 Å². The van der Waals surface area contributed by atoms with Crippen LogP contribution in [0.3, 0.4) is 0 Å². The molecule has 1 N–H and O–H groups in total. The fourth-order valence-electron chi connectivity index (χ4n) is 2.74. The average Bonchev–Trinajstić information content (AvgIpc) is 3.17. The molecule has 0 atom stereocenters. The molecule has 1 heterocycles. The van der Waals surface area contributed by atoms with Gasteiger partial charge in [-0.05, 0) is 12.1 Å². The van der Waals surface area contributed by atoms with Gasteiger partial charge >= 0.3 is 11.6 Å². The Morgan fingerprint density at radius 1 is 1.06 bits per heavy atom. The summed E-state index contributed by atoms with van der Waals surface area (Å²) in [6.45, 7) is -0.393. The third-order valence-corrected chi connectivity index (χ3v) is 4.09. The Kier molecular flexibility index (Phi) is 6.48. The molecule has 0 saturated carbocycles. The van der Waals surface area contributed by atoms with Gasteiger partial charge in [0.05, 0.1) is 35.8 Å². The van der Waals surface area contributed by atoms with Crippen molar-refractivity contribution in [2.24, 2.45) is 0 Å². The van der Waals surface area contributed by atoms with Crippen LogP contribution >= 0.6 is 0 Å². The largest absolute Gasteiger partial charge is 0.493 e. The number of nitro groups is 2. The van der Waals surface area contributed by atoms with Crippen LogP contribution in [0, 0.1) is 20.2 Å². The number of benzene rings is 2. The minimum absolute atomic E-state index is 0.0859. The Balaban J connectivity index is 1.82. The molecule has 0 bridgehead atoms. The fraction of sp³-hybridized carbons (Fsp3) is 0.158. The van der Waals surface area contributed by atoms with Gasteiger partial charge in [-0.1, -0.05) is 12.1 Å². The number of carbonyl (C=O) groups excluding carboxylic acids is 1. The Hall–Kier alpha value is -4.68. The Morgan fingerprint density at radius 2 is 1.78 bits per heavy atom. The van der Waals surface area contributed by atoms with Crippen LogP contribution in [-0.4, -0.2) is 39.8 Å². The maximum absolute atomic E-state index is 12.4. The normalized spacial score (nSPS) is 10.3. The van der Waals surface area contributed by atoms with E-state index in [2.05, 4.69) is 10.4 Å². The minimum atomic E-state index is -0.692. The van der Waals surface area contributed by atoms with Crippen LogP contribution in [0.1, 0.15) is 0 Å². The van der Waals surface area contributed by atoms with Crippen LogP contribution in [0.15, 0.2) is 48.7 Å². The van der Waals surface area contributed by atoms with Crippen molar-refractivity contribution in [3.05, 3.63) is 68.9 Å². The van der Waals surface area contributed by atoms with E-state index in [0.29, 0.717) is 11.5 Å². The van der Waals surface area contributed by atoms with Crippen molar-refractivity contribution in [2.75, 3.05) is 19.5 Å². The zero-order valence-electron chi connectivity index (χ0n) is 16.9. The van der Waals surface area contributed by atoms with Crippen LogP contribution in [0.5, 0.6) is 23.1 Å². The standard InChI is InChI=1S/C19H17N5O8/c1-30-16-5-3-4-6-17(16)32-14-8-12(7-13(9-14)23(26)27)20-18(25)11-22-10-15(24(28)29)19(21-22)31-2/h3-10H,11H2,1-2H3,(H,20,25). The second-order valence-corrected chi connectivity index (χ2v) is 6.25. The maximum atomic E-state index is 12.4. The van der Waals surface area contributed by atoms with Crippen molar-refractivity contribution >= 4 is 23.0 Å². The summed E-state index contributed by atoms with van der Waals surface area (Å²) in [5.41, 5.74) is -0.630. The highest BCUT2D eigenvalue weighted by atomic mass is 16.6. The van der Waals surface area contributed by atoms with Crippen molar-refractivity contribution in [1.82, 2.24) is 9.78 Å². The van der Waals surface area contributed by atoms with E-state index in [4.69, 9.17) is 14.2 Å². The predicted molar refractivity (Wildman–Crippen MR) is 110 cm³/mol. The topological polar surface area (TPSA) is 161 Å². The smallest absolute Gasteiger partial charge is 0.350 e. The summed E-state index contributed by atoms with van der Waals surface area (Å²) >= 11 is 0. The number of nitrogens with one attached hydrogen (secondary N) is 1. The molecule has 2 aromatic carbocycles. The second kappa shape index (κ2) is 9.42. The zero-order chi connectivity index (χ0) is 23.3. The lowest BCUT2D eigenvalue weighted by atomic mass is 10.2. The molecule has 0 saturated heterocycles. The number of para-hydroxylation sites is 2.